The molecule has 3 aliphatic rings. The van der Waals surface area contributed by atoms with Gasteiger partial charge in [0.15, 0.2) is 0 Å². The Balaban J connectivity index is 1.27. The Hall–Kier alpha value is -3.62. The number of hydrogen-bond acceptors (Lipinski definition) is 6. The van der Waals surface area contributed by atoms with Crippen molar-refractivity contribution in [1.29, 1.82) is 0 Å². The highest BCUT2D eigenvalue weighted by atomic mass is 16.5. The molecule has 1 atom stereocenters. The first-order valence-electron chi connectivity index (χ1n) is 12.1. The highest BCUT2D eigenvalue weighted by Crippen LogP contribution is 2.41. The molecule has 2 fully saturated rings. The molecule has 2 aromatic carbocycles. The van der Waals surface area contributed by atoms with Gasteiger partial charge >= 0.3 is 0 Å². The van der Waals surface area contributed by atoms with E-state index >= 15 is 0 Å². The van der Waals surface area contributed by atoms with Gasteiger partial charge in [-0.2, -0.15) is 0 Å². The van der Waals surface area contributed by atoms with Gasteiger partial charge in [-0.3, -0.25) is 19.4 Å². The van der Waals surface area contributed by atoms with E-state index in [0.717, 1.165) is 66.3 Å². The molecule has 0 spiro atoms. The van der Waals surface area contributed by atoms with Crippen LogP contribution in [0.1, 0.15) is 40.2 Å². The standard InChI is InChI=1S/C27H27N5O3/c1-17-5-7-23(26(33)30-17)32-22-8-6-19(20-3-2-4-21(25(20)22)27(32)34)13-18-14-28-24(29-15-18)16-31-9-11-35-12-10-31/h2-4,6,8,14-15,23H,1,5,7,9-13,16H2,(H,30,33). The fourth-order valence-electron chi connectivity index (χ4n) is 5.27. The number of amides is 2. The fourth-order valence-corrected chi connectivity index (χ4v) is 5.27. The number of hydrogen-bond donors (Lipinski definition) is 1. The van der Waals surface area contributed by atoms with Crippen LogP contribution in [0.4, 0.5) is 5.69 Å². The SMILES string of the molecule is C=C1CCC(N2C(=O)c3cccc4c(Cc5cnc(CN6CCOCC6)nc5)ccc2c34)C(=O)N1. The van der Waals surface area contributed by atoms with Gasteiger partial charge in [-0.05, 0) is 41.5 Å². The average Bonchev–Trinajstić information content (AvgIpc) is 3.15. The smallest absolute Gasteiger partial charge is 0.259 e. The molecule has 35 heavy (non-hydrogen) atoms. The second-order valence-corrected chi connectivity index (χ2v) is 9.37. The molecule has 0 radical (unpaired) electrons. The molecule has 8 heteroatoms. The zero-order valence-electron chi connectivity index (χ0n) is 19.5. The van der Waals surface area contributed by atoms with E-state index in [4.69, 9.17) is 4.74 Å². The third-order valence-corrected chi connectivity index (χ3v) is 7.07. The molecule has 2 amide bonds. The summed E-state index contributed by atoms with van der Waals surface area (Å²) in [5, 5.41) is 4.75. The Labute approximate surface area is 203 Å². The van der Waals surface area contributed by atoms with Crippen molar-refractivity contribution in [3.63, 3.8) is 0 Å². The number of anilines is 1. The lowest BCUT2D eigenvalue weighted by Crippen LogP contribution is -2.51. The Morgan fingerprint density at radius 3 is 2.66 bits per heavy atom. The molecule has 1 unspecified atom stereocenters. The molecular weight excluding hydrogens is 442 g/mol. The Morgan fingerprint density at radius 1 is 1.09 bits per heavy atom. The van der Waals surface area contributed by atoms with Crippen LogP contribution in [0.3, 0.4) is 0 Å². The number of nitrogens with zero attached hydrogens (tertiary/aromatic N) is 4. The first-order valence-corrected chi connectivity index (χ1v) is 12.1. The van der Waals surface area contributed by atoms with E-state index in [2.05, 4.69) is 26.8 Å². The van der Waals surface area contributed by atoms with Crippen molar-refractivity contribution in [3.8, 4) is 0 Å². The average molecular weight is 470 g/mol. The number of carbonyl (C=O) groups is 2. The number of ether oxygens (including phenoxy) is 1. The number of benzene rings is 2. The Kier molecular flexibility index (Phi) is 5.54. The van der Waals surface area contributed by atoms with E-state index < -0.39 is 6.04 Å². The highest BCUT2D eigenvalue weighted by molar-refractivity contribution is 6.27. The number of aromatic nitrogens is 2. The topological polar surface area (TPSA) is 87.7 Å². The van der Waals surface area contributed by atoms with Crippen molar-refractivity contribution in [3.05, 3.63) is 77.5 Å². The van der Waals surface area contributed by atoms with Crippen LogP contribution in [0.25, 0.3) is 10.8 Å². The minimum absolute atomic E-state index is 0.119. The molecule has 8 nitrogen and oxygen atoms in total. The van der Waals surface area contributed by atoms with Gasteiger partial charge in [0.2, 0.25) is 5.91 Å². The lowest BCUT2D eigenvalue weighted by molar-refractivity contribution is -0.122. The maximum Gasteiger partial charge on any atom is 0.259 e. The van der Waals surface area contributed by atoms with Gasteiger partial charge in [0.1, 0.15) is 11.9 Å². The van der Waals surface area contributed by atoms with Crippen molar-refractivity contribution in [2.24, 2.45) is 0 Å². The summed E-state index contributed by atoms with van der Waals surface area (Å²) in [4.78, 5) is 39.2. The number of piperidine rings is 1. The first kappa shape index (κ1) is 21.9. The number of nitrogens with one attached hydrogen (secondary N) is 1. The minimum atomic E-state index is -0.526. The summed E-state index contributed by atoms with van der Waals surface area (Å²) < 4.78 is 5.41. The molecule has 4 heterocycles. The van der Waals surface area contributed by atoms with Crippen molar-refractivity contribution in [1.82, 2.24) is 20.2 Å². The van der Waals surface area contributed by atoms with Gasteiger partial charge < -0.3 is 10.1 Å². The van der Waals surface area contributed by atoms with E-state index in [1.807, 2.05) is 42.7 Å². The van der Waals surface area contributed by atoms with Crippen molar-refractivity contribution in [2.45, 2.75) is 31.8 Å². The van der Waals surface area contributed by atoms with Crippen molar-refractivity contribution in [2.75, 3.05) is 31.2 Å². The number of morpholine rings is 1. The number of allylic oxidation sites excluding steroid dienone is 1. The summed E-state index contributed by atoms with van der Waals surface area (Å²) in [6, 6.07) is 9.30. The zero-order chi connectivity index (χ0) is 23.9. The predicted molar refractivity (Wildman–Crippen MR) is 132 cm³/mol. The van der Waals surface area contributed by atoms with Crippen LogP contribution in [0.5, 0.6) is 0 Å². The fraction of sp³-hybridized carbons (Fsp3) is 0.333. The van der Waals surface area contributed by atoms with Crippen molar-refractivity contribution >= 4 is 28.3 Å². The van der Waals surface area contributed by atoms with Crippen LogP contribution in [0, 0.1) is 0 Å². The van der Waals surface area contributed by atoms with Crippen LogP contribution in [0.2, 0.25) is 0 Å². The quantitative estimate of drug-likeness (QED) is 0.618. The highest BCUT2D eigenvalue weighted by Gasteiger charge is 2.39. The van der Waals surface area contributed by atoms with Crippen molar-refractivity contribution < 1.29 is 14.3 Å². The van der Waals surface area contributed by atoms with Gasteiger partial charge in [0.05, 0.1) is 25.4 Å². The van der Waals surface area contributed by atoms with E-state index in [9.17, 15) is 9.59 Å². The summed E-state index contributed by atoms with van der Waals surface area (Å²) in [7, 11) is 0. The molecule has 3 aliphatic heterocycles. The molecule has 2 saturated heterocycles. The molecule has 0 bridgehead atoms. The summed E-state index contributed by atoms with van der Waals surface area (Å²) in [6.07, 6.45) is 5.68. The lowest BCUT2D eigenvalue weighted by Gasteiger charge is -2.31. The molecule has 6 rings (SSSR count). The molecular formula is C27H27N5O3. The van der Waals surface area contributed by atoms with Crippen LogP contribution in [-0.2, 0) is 22.5 Å². The van der Waals surface area contributed by atoms with Gasteiger partial charge in [-0.15, -0.1) is 0 Å². The van der Waals surface area contributed by atoms with Crippen LogP contribution in [-0.4, -0.2) is 59.0 Å². The number of rotatable bonds is 5. The summed E-state index contributed by atoms with van der Waals surface area (Å²) in [6.45, 7) is 7.89. The van der Waals surface area contributed by atoms with E-state index in [1.165, 1.54) is 0 Å². The van der Waals surface area contributed by atoms with Gasteiger partial charge in [-0.1, -0.05) is 24.8 Å². The van der Waals surface area contributed by atoms with E-state index in [0.29, 0.717) is 30.5 Å². The maximum absolute atomic E-state index is 13.4. The third-order valence-electron chi connectivity index (χ3n) is 7.07. The molecule has 178 valence electrons. The van der Waals surface area contributed by atoms with Gasteiger partial charge in [0, 0.05) is 48.6 Å². The van der Waals surface area contributed by atoms with Crippen LogP contribution in [0.15, 0.2) is 55.0 Å². The largest absolute Gasteiger partial charge is 0.379 e. The zero-order valence-corrected chi connectivity index (χ0v) is 19.5. The number of carbonyl (C=O) groups excluding carboxylic acids is 2. The Bertz CT molecular complexity index is 1330. The summed E-state index contributed by atoms with van der Waals surface area (Å²) in [5.74, 6) is 0.519. The Morgan fingerprint density at radius 2 is 1.89 bits per heavy atom. The molecule has 0 aliphatic carbocycles. The second kappa shape index (κ2) is 8.87. The maximum atomic E-state index is 13.4. The minimum Gasteiger partial charge on any atom is -0.379 e. The van der Waals surface area contributed by atoms with Crippen LogP contribution < -0.4 is 10.2 Å². The molecule has 0 saturated carbocycles. The third kappa shape index (κ3) is 3.98. The van der Waals surface area contributed by atoms with Gasteiger partial charge in [-0.25, -0.2) is 9.97 Å². The predicted octanol–water partition coefficient (Wildman–Crippen LogP) is 2.81. The summed E-state index contributed by atoms with van der Waals surface area (Å²) >= 11 is 0. The first-order chi connectivity index (χ1) is 17.1. The van der Waals surface area contributed by atoms with Gasteiger partial charge in [0.25, 0.3) is 5.91 Å². The molecule has 3 aromatic rings. The van der Waals surface area contributed by atoms with Crippen LogP contribution >= 0.6 is 0 Å². The molecule has 1 N–H and O–H groups in total. The normalized spacial score (nSPS) is 20.5. The second-order valence-electron chi connectivity index (χ2n) is 9.37. The van der Waals surface area contributed by atoms with E-state index in [1.54, 1.807) is 4.90 Å². The van der Waals surface area contributed by atoms with E-state index in [-0.39, 0.29) is 11.8 Å². The monoisotopic (exact) mass is 469 g/mol. The summed E-state index contributed by atoms with van der Waals surface area (Å²) in [5.41, 5.74) is 4.27. The molecule has 1 aromatic heterocycles. The lowest BCUT2D eigenvalue weighted by atomic mass is 9.97.